The van der Waals surface area contributed by atoms with E-state index in [0.29, 0.717) is 0 Å². The summed E-state index contributed by atoms with van der Waals surface area (Å²) in [6.45, 7) is 7.11. The smallest absolute Gasteiger partial charge is 0.243 e. The van der Waals surface area contributed by atoms with E-state index in [1.165, 1.54) is 0 Å². The number of nitrogens with two attached hydrogens (primary N) is 1. The second-order valence-corrected chi connectivity index (χ2v) is 5.89. The van der Waals surface area contributed by atoms with Crippen LogP contribution in [-0.4, -0.2) is 23.5 Å². The van der Waals surface area contributed by atoms with Crippen molar-refractivity contribution >= 4 is 11.6 Å². The van der Waals surface area contributed by atoms with Crippen LogP contribution in [0.5, 0.6) is 0 Å². The first-order valence-electron chi connectivity index (χ1n) is 6.43. The molecule has 1 aliphatic heterocycles. The van der Waals surface area contributed by atoms with Crippen LogP contribution < -0.4 is 10.6 Å². The van der Waals surface area contributed by atoms with Crippen molar-refractivity contribution in [2.24, 2.45) is 5.73 Å². The largest absolute Gasteiger partial charge is 0.320 e. The Balaban J connectivity index is 2.22. The first kappa shape index (κ1) is 13.0. The number of hydrogen-bond donors (Lipinski definition) is 1. The van der Waals surface area contributed by atoms with E-state index in [1.54, 1.807) is 11.1 Å². The molecule has 0 saturated carbocycles. The van der Waals surface area contributed by atoms with Crippen molar-refractivity contribution in [3.63, 3.8) is 0 Å². The van der Waals surface area contributed by atoms with Gasteiger partial charge in [0, 0.05) is 17.7 Å². The van der Waals surface area contributed by atoms with Gasteiger partial charge >= 0.3 is 0 Å². The van der Waals surface area contributed by atoms with Crippen molar-refractivity contribution in [2.75, 3.05) is 11.4 Å². The van der Waals surface area contributed by atoms with Crippen LogP contribution in [0, 0.1) is 0 Å². The van der Waals surface area contributed by atoms with Gasteiger partial charge in [-0.05, 0) is 25.0 Å². The van der Waals surface area contributed by atoms with E-state index in [4.69, 9.17) is 5.73 Å². The molecule has 0 aliphatic carbocycles. The van der Waals surface area contributed by atoms with Crippen LogP contribution in [0.4, 0.5) is 5.69 Å². The fraction of sp³-hybridized carbons (Fsp3) is 0.571. The molecule has 2 heterocycles. The molecule has 1 fully saturated rings. The summed E-state index contributed by atoms with van der Waals surface area (Å²) >= 11 is 0. The Bertz CT molecular complexity index is 433. The predicted molar refractivity (Wildman–Crippen MR) is 72.5 cm³/mol. The van der Waals surface area contributed by atoms with Crippen LogP contribution in [0.2, 0.25) is 0 Å². The Hall–Kier alpha value is -1.42. The number of hydrogen-bond acceptors (Lipinski definition) is 3. The summed E-state index contributed by atoms with van der Waals surface area (Å²) in [5.41, 5.74) is 7.70. The van der Waals surface area contributed by atoms with Gasteiger partial charge in [-0.3, -0.25) is 9.78 Å². The van der Waals surface area contributed by atoms with Crippen LogP contribution in [0.1, 0.15) is 39.3 Å². The van der Waals surface area contributed by atoms with E-state index in [0.717, 1.165) is 30.8 Å². The van der Waals surface area contributed by atoms with Gasteiger partial charge in [-0.15, -0.1) is 0 Å². The molecular formula is C14H21N3O. The molecule has 0 bridgehead atoms. The highest BCUT2D eigenvalue weighted by Crippen LogP contribution is 2.24. The number of anilines is 1. The predicted octanol–water partition coefficient (Wildman–Crippen LogP) is 1.83. The number of nitrogens with zero attached hydrogens (tertiary/aromatic N) is 2. The summed E-state index contributed by atoms with van der Waals surface area (Å²) in [6.07, 6.45) is 3.51. The van der Waals surface area contributed by atoms with Crippen molar-refractivity contribution in [1.29, 1.82) is 0 Å². The van der Waals surface area contributed by atoms with Crippen molar-refractivity contribution in [1.82, 2.24) is 4.98 Å². The van der Waals surface area contributed by atoms with Gasteiger partial charge in [0.2, 0.25) is 5.91 Å². The summed E-state index contributed by atoms with van der Waals surface area (Å²) in [5, 5.41) is 0. The SMILES string of the molecule is CC(C)(C)c1ccc(N2CCCC(N)C2=O)cn1. The van der Waals surface area contributed by atoms with E-state index < -0.39 is 0 Å². The maximum absolute atomic E-state index is 12.0. The zero-order valence-corrected chi connectivity index (χ0v) is 11.3. The molecular weight excluding hydrogens is 226 g/mol. The van der Waals surface area contributed by atoms with Gasteiger partial charge in [0.1, 0.15) is 0 Å². The maximum atomic E-state index is 12.0. The molecule has 0 radical (unpaired) electrons. The van der Waals surface area contributed by atoms with Crippen molar-refractivity contribution in [3.8, 4) is 0 Å². The maximum Gasteiger partial charge on any atom is 0.243 e. The number of piperidine rings is 1. The second kappa shape index (κ2) is 4.69. The zero-order chi connectivity index (χ0) is 13.3. The molecule has 98 valence electrons. The summed E-state index contributed by atoms with van der Waals surface area (Å²) in [5.74, 6) is 0.00607. The third-order valence-electron chi connectivity index (χ3n) is 3.31. The van der Waals surface area contributed by atoms with Gasteiger partial charge in [-0.25, -0.2) is 0 Å². The molecule has 4 heteroatoms. The third kappa shape index (κ3) is 2.53. The fourth-order valence-corrected chi connectivity index (χ4v) is 2.15. The lowest BCUT2D eigenvalue weighted by Crippen LogP contribution is -2.48. The normalized spacial score (nSPS) is 21.2. The van der Waals surface area contributed by atoms with Crippen LogP contribution in [0.25, 0.3) is 0 Å². The molecule has 1 unspecified atom stereocenters. The van der Waals surface area contributed by atoms with Gasteiger partial charge in [0.25, 0.3) is 0 Å². The van der Waals surface area contributed by atoms with Gasteiger partial charge in [0.05, 0.1) is 17.9 Å². The summed E-state index contributed by atoms with van der Waals surface area (Å²) in [6, 6.07) is 3.59. The fourth-order valence-electron chi connectivity index (χ4n) is 2.15. The lowest BCUT2D eigenvalue weighted by atomic mass is 9.91. The number of pyridine rings is 1. The van der Waals surface area contributed by atoms with Crippen molar-refractivity contribution in [2.45, 2.75) is 45.1 Å². The summed E-state index contributed by atoms with van der Waals surface area (Å²) in [7, 11) is 0. The Morgan fingerprint density at radius 2 is 2.11 bits per heavy atom. The highest BCUT2D eigenvalue weighted by Gasteiger charge is 2.27. The van der Waals surface area contributed by atoms with E-state index in [9.17, 15) is 4.79 Å². The first-order chi connectivity index (χ1) is 8.39. The molecule has 2 rings (SSSR count). The minimum absolute atomic E-state index is 0.00607. The number of aromatic nitrogens is 1. The van der Waals surface area contributed by atoms with Gasteiger partial charge in [-0.2, -0.15) is 0 Å². The summed E-state index contributed by atoms with van der Waals surface area (Å²) < 4.78 is 0. The quantitative estimate of drug-likeness (QED) is 0.823. The molecule has 0 spiro atoms. The minimum atomic E-state index is -0.360. The average molecular weight is 247 g/mol. The number of amides is 1. The van der Waals surface area contributed by atoms with E-state index >= 15 is 0 Å². The molecule has 18 heavy (non-hydrogen) atoms. The topological polar surface area (TPSA) is 59.2 Å². The van der Waals surface area contributed by atoms with Crippen molar-refractivity contribution < 1.29 is 4.79 Å². The van der Waals surface area contributed by atoms with Crippen LogP contribution in [0.3, 0.4) is 0 Å². The van der Waals surface area contributed by atoms with E-state index in [2.05, 4.69) is 25.8 Å². The number of carbonyl (C=O) groups excluding carboxylic acids is 1. The Kier molecular flexibility index (Phi) is 3.39. The van der Waals surface area contributed by atoms with E-state index in [-0.39, 0.29) is 17.4 Å². The highest BCUT2D eigenvalue weighted by molar-refractivity contribution is 5.97. The molecule has 1 aliphatic rings. The number of carbonyl (C=O) groups is 1. The molecule has 1 saturated heterocycles. The zero-order valence-electron chi connectivity index (χ0n) is 11.3. The average Bonchev–Trinajstić information content (AvgIpc) is 2.32. The van der Waals surface area contributed by atoms with Crippen LogP contribution >= 0.6 is 0 Å². The molecule has 4 nitrogen and oxygen atoms in total. The number of rotatable bonds is 1. The van der Waals surface area contributed by atoms with Crippen molar-refractivity contribution in [3.05, 3.63) is 24.0 Å². The minimum Gasteiger partial charge on any atom is -0.320 e. The molecule has 1 amide bonds. The van der Waals surface area contributed by atoms with Gasteiger partial charge < -0.3 is 10.6 Å². The standard InChI is InChI=1S/C14H21N3O/c1-14(2,3)12-7-6-10(9-16-12)17-8-4-5-11(15)13(17)18/h6-7,9,11H,4-5,8,15H2,1-3H3. The summed E-state index contributed by atoms with van der Waals surface area (Å²) in [4.78, 5) is 18.2. The Morgan fingerprint density at radius 3 is 2.67 bits per heavy atom. The first-order valence-corrected chi connectivity index (χ1v) is 6.43. The molecule has 1 aromatic heterocycles. The Labute approximate surface area is 108 Å². The van der Waals surface area contributed by atoms with Crippen LogP contribution in [-0.2, 0) is 10.2 Å². The van der Waals surface area contributed by atoms with Gasteiger partial charge in [0.15, 0.2) is 0 Å². The van der Waals surface area contributed by atoms with Gasteiger partial charge in [-0.1, -0.05) is 20.8 Å². The van der Waals surface area contributed by atoms with Crippen LogP contribution in [0.15, 0.2) is 18.3 Å². The molecule has 0 aromatic carbocycles. The van der Waals surface area contributed by atoms with E-state index in [1.807, 2.05) is 12.1 Å². The molecule has 1 atom stereocenters. The lowest BCUT2D eigenvalue weighted by Gasteiger charge is -2.30. The second-order valence-electron chi connectivity index (χ2n) is 5.89. The highest BCUT2D eigenvalue weighted by atomic mass is 16.2. The lowest BCUT2D eigenvalue weighted by molar-refractivity contribution is -0.120. The Morgan fingerprint density at radius 1 is 1.39 bits per heavy atom. The molecule has 1 aromatic rings. The monoisotopic (exact) mass is 247 g/mol. The third-order valence-corrected chi connectivity index (χ3v) is 3.31. The molecule has 2 N–H and O–H groups in total.